The van der Waals surface area contributed by atoms with Crippen LogP contribution in [0, 0.1) is 12.3 Å². The SMILES string of the molecule is Cc1cccc(N2CCC(C(=O)O)(C(=O)O)CC2)c1. The van der Waals surface area contributed by atoms with Crippen LogP contribution in [-0.2, 0) is 9.59 Å². The van der Waals surface area contributed by atoms with Crippen molar-refractivity contribution < 1.29 is 19.8 Å². The maximum atomic E-state index is 11.2. The molecule has 102 valence electrons. The number of hydrogen-bond donors (Lipinski definition) is 2. The number of carbonyl (C=O) groups is 2. The Morgan fingerprint density at radius 3 is 2.21 bits per heavy atom. The molecule has 1 aromatic rings. The summed E-state index contributed by atoms with van der Waals surface area (Å²) in [7, 11) is 0. The highest BCUT2D eigenvalue weighted by Gasteiger charge is 2.48. The molecule has 0 spiro atoms. The molecule has 0 amide bonds. The summed E-state index contributed by atoms with van der Waals surface area (Å²) < 4.78 is 0. The Morgan fingerprint density at radius 2 is 1.74 bits per heavy atom. The van der Waals surface area contributed by atoms with Crippen LogP contribution in [0.5, 0.6) is 0 Å². The second-order valence-electron chi connectivity index (χ2n) is 5.02. The first kappa shape index (κ1) is 13.4. The summed E-state index contributed by atoms with van der Waals surface area (Å²) >= 11 is 0. The third-order valence-electron chi connectivity index (χ3n) is 3.80. The molecule has 1 heterocycles. The summed E-state index contributed by atoms with van der Waals surface area (Å²) in [5.41, 5.74) is 0.524. The van der Waals surface area contributed by atoms with E-state index in [1.54, 1.807) is 0 Å². The third kappa shape index (κ3) is 2.41. The van der Waals surface area contributed by atoms with Crippen LogP contribution in [0.1, 0.15) is 18.4 Å². The molecule has 2 rings (SSSR count). The van der Waals surface area contributed by atoms with Crippen LogP contribution in [-0.4, -0.2) is 35.2 Å². The van der Waals surface area contributed by atoms with Crippen molar-refractivity contribution >= 4 is 17.6 Å². The molecule has 0 atom stereocenters. The van der Waals surface area contributed by atoms with E-state index >= 15 is 0 Å². The molecular formula is C14H17NO4. The number of carboxylic acid groups (broad SMARTS) is 2. The second-order valence-corrected chi connectivity index (χ2v) is 5.02. The smallest absolute Gasteiger partial charge is 0.321 e. The quantitative estimate of drug-likeness (QED) is 0.812. The van der Waals surface area contributed by atoms with Crippen LogP contribution in [0.2, 0.25) is 0 Å². The highest BCUT2D eigenvalue weighted by molar-refractivity contribution is 5.98. The number of benzene rings is 1. The first-order valence-electron chi connectivity index (χ1n) is 6.24. The first-order chi connectivity index (χ1) is 8.95. The summed E-state index contributed by atoms with van der Waals surface area (Å²) in [5.74, 6) is -2.47. The van der Waals surface area contributed by atoms with Gasteiger partial charge in [-0.05, 0) is 37.5 Å². The van der Waals surface area contributed by atoms with Gasteiger partial charge in [0, 0.05) is 18.8 Å². The maximum Gasteiger partial charge on any atom is 0.321 e. The topological polar surface area (TPSA) is 77.8 Å². The van der Waals surface area contributed by atoms with E-state index in [4.69, 9.17) is 10.2 Å². The lowest BCUT2D eigenvalue weighted by molar-refractivity contribution is -0.166. The number of hydrogen-bond acceptors (Lipinski definition) is 3. The average Bonchev–Trinajstić information content (AvgIpc) is 2.38. The summed E-state index contributed by atoms with van der Waals surface area (Å²) in [4.78, 5) is 24.5. The standard InChI is InChI=1S/C14H17NO4/c1-10-3-2-4-11(9-10)15-7-5-14(6-8-15,12(16)17)13(18)19/h2-4,9H,5-8H2,1H3,(H,16,17)(H,18,19). The second kappa shape index (κ2) is 4.91. The van der Waals surface area contributed by atoms with Gasteiger partial charge in [-0.1, -0.05) is 12.1 Å². The zero-order chi connectivity index (χ0) is 14.0. The van der Waals surface area contributed by atoms with Crippen LogP contribution in [0.25, 0.3) is 0 Å². The number of nitrogens with zero attached hydrogens (tertiary/aromatic N) is 1. The summed E-state index contributed by atoms with van der Waals surface area (Å²) in [6, 6.07) is 7.92. The van der Waals surface area contributed by atoms with Crippen LogP contribution in [0.3, 0.4) is 0 Å². The minimum Gasteiger partial charge on any atom is -0.480 e. The van der Waals surface area contributed by atoms with Gasteiger partial charge in [-0.15, -0.1) is 0 Å². The van der Waals surface area contributed by atoms with Crippen molar-refractivity contribution in [2.24, 2.45) is 5.41 Å². The van der Waals surface area contributed by atoms with Crippen LogP contribution in [0.4, 0.5) is 5.69 Å². The molecular weight excluding hydrogens is 246 g/mol. The van der Waals surface area contributed by atoms with Crippen molar-refractivity contribution in [3.05, 3.63) is 29.8 Å². The average molecular weight is 263 g/mol. The van der Waals surface area contributed by atoms with Gasteiger partial charge in [-0.25, -0.2) is 0 Å². The molecule has 2 N–H and O–H groups in total. The number of anilines is 1. The van der Waals surface area contributed by atoms with E-state index < -0.39 is 17.4 Å². The lowest BCUT2D eigenvalue weighted by Gasteiger charge is -2.37. The normalized spacial score (nSPS) is 18.1. The molecule has 0 saturated carbocycles. The number of piperidine rings is 1. The van der Waals surface area contributed by atoms with Crippen molar-refractivity contribution in [2.45, 2.75) is 19.8 Å². The maximum absolute atomic E-state index is 11.2. The Morgan fingerprint density at radius 1 is 1.16 bits per heavy atom. The minimum atomic E-state index is -1.62. The van der Waals surface area contributed by atoms with Gasteiger partial charge in [0.15, 0.2) is 5.41 Å². The van der Waals surface area contributed by atoms with Gasteiger partial charge in [0.05, 0.1) is 0 Å². The van der Waals surface area contributed by atoms with E-state index in [-0.39, 0.29) is 12.8 Å². The summed E-state index contributed by atoms with van der Waals surface area (Å²) in [6.45, 7) is 2.89. The van der Waals surface area contributed by atoms with E-state index in [1.807, 2.05) is 36.1 Å². The molecule has 1 aromatic carbocycles. The molecule has 5 nitrogen and oxygen atoms in total. The largest absolute Gasteiger partial charge is 0.480 e. The molecule has 5 heteroatoms. The van der Waals surface area contributed by atoms with Gasteiger partial charge in [0.1, 0.15) is 0 Å². The molecule has 1 fully saturated rings. The fraction of sp³-hybridized carbons (Fsp3) is 0.429. The fourth-order valence-corrected chi connectivity index (χ4v) is 2.49. The zero-order valence-corrected chi connectivity index (χ0v) is 10.8. The van der Waals surface area contributed by atoms with E-state index in [2.05, 4.69) is 0 Å². The number of aliphatic carboxylic acids is 2. The molecule has 19 heavy (non-hydrogen) atoms. The zero-order valence-electron chi connectivity index (χ0n) is 10.8. The van der Waals surface area contributed by atoms with Crippen molar-refractivity contribution in [1.29, 1.82) is 0 Å². The van der Waals surface area contributed by atoms with Crippen LogP contribution in [0.15, 0.2) is 24.3 Å². The van der Waals surface area contributed by atoms with Crippen molar-refractivity contribution in [3.8, 4) is 0 Å². The lowest BCUT2D eigenvalue weighted by atomic mass is 9.78. The lowest BCUT2D eigenvalue weighted by Crippen LogP contribution is -2.49. The molecule has 0 unspecified atom stereocenters. The Kier molecular flexibility index (Phi) is 3.46. The van der Waals surface area contributed by atoms with Gasteiger partial charge in [-0.2, -0.15) is 0 Å². The van der Waals surface area contributed by atoms with Crippen molar-refractivity contribution in [3.63, 3.8) is 0 Å². The minimum absolute atomic E-state index is 0.131. The van der Waals surface area contributed by atoms with Gasteiger partial charge in [0.2, 0.25) is 0 Å². The fourth-order valence-electron chi connectivity index (χ4n) is 2.49. The van der Waals surface area contributed by atoms with Crippen LogP contribution >= 0.6 is 0 Å². The van der Waals surface area contributed by atoms with Crippen LogP contribution < -0.4 is 4.90 Å². The monoisotopic (exact) mass is 263 g/mol. The predicted octanol–water partition coefficient (Wildman–Crippen LogP) is 1.75. The third-order valence-corrected chi connectivity index (χ3v) is 3.80. The van der Waals surface area contributed by atoms with E-state index in [0.29, 0.717) is 13.1 Å². The Labute approximate surface area is 111 Å². The summed E-state index contributed by atoms with van der Waals surface area (Å²) in [6.07, 6.45) is 0.261. The van der Waals surface area contributed by atoms with Gasteiger partial charge >= 0.3 is 11.9 Å². The van der Waals surface area contributed by atoms with Crippen molar-refractivity contribution in [1.82, 2.24) is 0 Å². The number of aryl methyl sites for hydroxylation is 1. The summed E-state index contributed by atoms with van der Waals surface area (Å²) in [5, 5.41) is 18.3. The van der Waals surface area contributed by atoms with E-state index in [0.717, 1.165) is 11.3 Å². The highest BCUT2D eigenvalue weighted by atomic mass is 16.4. The van der Waals surface area contributed by atoms with E-state index in [1.165, 1.54) is 0 Å². The molecule has 1 aliphatic heterocycles. The van der Waals surface area contributed by atoms with Gasteiger partial charge in [0.25, 0.3) is 0 Å². The first-order valence-corrected chi connectivity index (χ1v) is 6.24. The molecule has 1 aliphatic rings. The molecule has 0 bridgehead atoms. The van der Waals surface area contributed by atoms with Gasteiger partial charge in [-0.3, -0.25) is 9.59 Å². The Hall–Kier alpha value is -2.04. The molecule has 1 saturated heterocycles. The Balaban J connectivity index is 2.14. The number of rotatable bonds is 3. The van der Waals surface area contributed by atoms with Gasteiger partial charge < -0.3 is 15.1 Å². The Bertz CT molecular complexity index is 488. The molecule has 0 aromatic heterocycles. The highest BCUT2D eigenvalue weighted by Crippen LogP contribution is 2.34. The molecule has 0 aliphatic carbocycles. The van der Waals surface area contributed by atoms with Crippen molar-refractivity contribution in [2.75, 3.05) is 18.0 Å². The van der Waals surface area contributed by atoms with E-state index in [9.17, 15) is 9.59 Å². The number of carboxylic acids is 2. The predicted molar refractivity (Wildman–Crippen MR) is 70.3 cm³/mol. The molecule has 0 radical (unpaired) electrons.